The van der Waals surface area contributed by atoms with Gasteiger partial charge in [0.25, 0.3) is 0 Å². The summed E-state index contributed by atoms with van der Waals surface area (Å²) in [6.07, 6.45) is 5.22. The topological polar surface area (TPSA) is 51.8 Å². The third kappa shape index (κ3) is 3.08. The third-order valence-corrected chi connectivity index (χ3v) is 7.27. The van der Waals surface area contributed by atoms with Gasteiger partial charge in [0.05, 0.1) is 42.9 Å². The first-order chi connectivity index (χ1) is 15.1. The first kappa shape index (κ1) is 19.0. The molecule has 5 heterocycles. The van der Waals surface area contributed by atoms with Gasteiger partial charge in [-0.1, -0.05) is 0 Å². The predicted molar refractivity (Wildman–Crippen MR) is 119 cm³/mol. The number of hydrogen-bond donors (Lipinski definition) is 1. The summed E-state index contributed by atoms with van der Waals surface area (Å²) in [4.78, 5) is 2.48. The van der Waals surface area contributed by atoms with Gasteiger partial charge in [-0.2, -0.15) is 0 Å². The molecule has 3 aromatic rings. The predicted octanol–water partition coefficient (Wildman–Crippen LogP) is 4.46. The van der Waals surface area contributed by atoms with E-state index in [1.54, 1.807) is 7.11 Å². The van der Waals surface area contributed by atoms with Gasteiger partial charge in [-0.15, -0.1) is 0 Å². The summed E-state index contributed by atoms with van der Waals surface area (Å²) in [6.45, 7) is 5.62. The number of furan rings is 1. The molecule has 1 atom stereocenters. The van der Waals surface area contributed by atoms with Gasteiger partial charge < -0.3 is 23.8 Å². The van der Waals surface area contributed by atoms with Crippen molar-refractivity contribution in [2.75, 3.05) is 32.1 Å². The van der Waals surface area contributed by atoms with Gasteiger partial charge in [0.2, 0.25) is 0 Å². The maximum atomic E-state index is 6.62. The van der Waals surface area contributed by atoms with Gasteiger partial charge in [-0.3, -0.25) is 4.90 Å². The Hall–Kier alpha value is -2.70. The van der Waals surface area contributed by atoms with Crippen LogP contribution in [0.2, 0.25) is 0 Å². The van der Waals surface area contributed by atoms with E-state index in [1.165, 1.54) is 5.69 Å². The van der Waals surface area contributed by atoms with Crippen molar-refractivity contribution in [1.29, 1.82) is 0 Å². The van der Waals surface area contributed by atoms with Gasteiger partial charge in [-0.05, 0) is 56.2 Å². The number of benzene rings is 1. The Morgan fingerprint density at radius 1 is 1.13 bits per heavy atom. The number of anilines is 1. The standard InChI is InChI=1S/C25H29N3O3/c1-18-5-6-20(31-18)15-27-12-9-24(10-13-27)16-25(17-30-24)23-4-3-11-28(23)22-8-7-19(29-2)14-21(22)26-25/h3-8,11,14,26H,9-10,12-13,15-17H2,1-2H3. The molecule has 0 amide bonds. The molecule has 0 radical (unpaired) electrons. The fourth-order valence-corrected chi connectivity index (χ4v) is 5.66. The Balaban J connectivity index is 1.23. The Morgan fingerprint density at radius 3 is 2.77 bits per heavy atom. The number of hydrogen-bond acceptors (Lipinski definition) is 5. The maximum Gasteiger partial charge on any atom is 0.121 e. The number of aryl methyl sites for hydroxylation is 1. The monoisotopic (exact) mass is 419 g/mol. The number of nitrogens with one attached hydrogen (secondary N) is 1. The fourth-order valence-electron chi connectivity index (χ4n) is 5.66. The minimum atomic E-state index is -0.205. The van der Waals surface area contributed by atoms with Crippen molar-refractivity contribution < 1.29 is 13.9 Å². The van der Waals surface area contributed by atoms with E-state index in [0.29, 0.717) is 6.61 Å². The number of nitrogens with zero attached hydrogens (tertiary/aromatic N) is 2. The zero-order valence-electron chi connectivity index (χ0n) is 18.2. The molecule has 3 aliphatic heterocycles. The second-order valence-electron chi connectivity index (χ2n) is 9.29. The molecular weight excluding hydrogens is 390 g/mol. The number of methoxy groups -OCH3 is 1. The summed E-state index contributed by atoms with van der Waals surface area (Å²) >= 11 is 0. The number of likely N-dealkylation sites (tertiary alicyclic amines) is 1. The lowest BCUT2D eigenvalue weighted by atomic mass is 9.79. The zero-order valence-corrected chi connectivity index (χ0v) is 18.2. The van der Waals surface area contributed by atoms with E-state index in [-0.39, 0.29) is 11.1 Å². The van der Waals surface area contributed by atoms with E-state index in [2.05, 4.69) is 51.3 Å². The van der Waals surface area contributed by atoms with Crippen LogP contribution in [0.1, 0.15) is 36.5 Å². The molecule has 2 spiro atoms. The quantitative estimate of drug-likeness (QED) is 0.679. The van der Waals surface area contributed by atoms with Crippen LogP contribution in [0.15, 0.2) is 53.1 Å². The van der Waals surface area contributed by atoms with E-state index >= 15 is 0 Å². The summed E-state index contributed by atoms with van der Waals surface area (Å²) in [5.74, 6) is 2.90. The van der Waals surface area contributed by atoms with Crippen LogP contribution in [0.25, 0.3) is 5.69 Å². The van der Waals surface area contributed by atoms with Crippen molar-refractivity contribution in [3.8, 4) is 11.4 Å². The lowest BCUT2D eigenvalue weighted by Gasteiger charge is -2.41. The molecule has 0 saturated carbocycles. The van der Waals surface area contributed by atoms with E-state index in [0.717, 1.165) is 67.5 Å². The summed E-state index contributed by atoms with van der Waals surface area (Å²) in [7, 11) is 1.72. The summed E-state index contributed by atoms with van der Waals surface area (Å²) in [5, 5.41) is 3.86. The Morgan fingerprint density at radius 2 is 2.00 bits per heavy atom. The lowest BCUT2D eigenvalue weighted by Crippen LogP contribution is -2.46. The molecule has 6 heteroatoms. The maximum absolute atomic E-state index is 6.62. The Kier molecular flexibility index (Phi) is 4.24. The fraction of sp³-hybridized carbons (Fsp3) is 0.440. The number of ether oxygens (including phenoxy) is 2. The lowest BCUT2D eigenvalue weighted by molar-refractivity contribution is -0.0460. The average molecular weight is 420 g/mol. The minimum absolute atomic E-state index is 0.0753. The highest BCUT2D eigenvalue weighted by atomic mass is 16.5. The van der Waals surface area contributed by atoms with Crippen molar-refractivity contribution in [1.82, 2.24) is 9.47 Å². The van der Waals surface area contributed by atoms with Crippen LogP contribution in [0, 0.1) is 6.92 Å². The second kappa shape index (κ2) is 6.90. The van der Waals surface area contributed by atoms with E-state index in [1.807, 2.05) is 19.1 Å². The molecule has 162 valence electrons. The van der Waals surface area contributed by atoms with Gasteiger partial charge in [-0.25, -0.2) is 0 Å². The first-order valence-corrected chi connectivity index (χ1v) is 11.1. The molecule has 2 fully saturated rings. The van der Waals surface area contributed by atoms with Crippen molar-refractivity contribution in [3.05, 3.63) is 65.9 Å². The molecule has 3 aliphatic rings. The van der Waals surface area contributed by atoms with Gasteiger partial charge >= 0.3 is 0 Å². The Labute approximate surface area is 182 Å². The molecule has 2 aromatic heterocycles. The summed E-state index contributed by atoms with van der Waals surface area (Å²) < 4.78 is 20.2. The summed E-state index contributed by atoms with van der Waals surface area (Å²) in [5.41, 5.74) is 3.28. The van der Waals surface area contributed by atoms with Crippen LogP contribution in [-0.4, -0.2) is 41.9 Å². The molecule has 1 unspecified atom stereocenters. The van der Waals surface area contributed by atoms with Crippen LogP contribution in [0.3, 0.4) is 0 Å². The van der Waals surface area contributed by atoms with Crippen LogP contribution in [0.5, 0.6) is 5.75 Å². The van der Waals surface area contributed by atoms with E-state index in [9.17, 15) is 0 Å². The highest BCUT2D eigenvalue weighted by Crippen LogP contribution is 2.50. The number of piperidine rings is 1. The molecule has 6 rings (SSSR count). The van der Waals surface area contributed by atoms with Crippen molar-refractivity contribution in [2.24, 2.45) is 0 Å². The van der Waals surface area contributed by atoms with Crippen molar-refractivity contribution >= 4 is 5.69 Å². The van der Waals surface area contributed by atoms with Crippen LogP contribution in [-0.2, 0) is 16.8 Å². The van der Waals surface area contributed by atoms with Gasteiger partial charge in [0.15, 0.2) is 0 Å². The van der Waals surface area contributed by atoms with Crippen LogP contribution in [0.4, 0.5) is 5.69 Å². The zero-order chi connectivity index (χ0) is 21.1. The van der Waals surface area contributed by atoms with E-state index < -0.39 is 0 Å². The van der Waals surface area contributed by atoms with E-state index in [4.69, 9.17) is 13.9 Å². The number of rotatable bonds is 3. The third-order valence-electron chi connectivity index (χ3n) is 7.27. The molecule has 6 nitrogen and oxygen atoms in total. The average Bonchev–Trinajstić information content (AvgIpc) is 3.50. The first-order valence-electron chi connectivity index (χ1n) is 11.1. The highest BCUT2D eigenvalue weighted by Gasteiger charge is 2.53. The molecule has 2 saturated heterocycles. The normalized spacial score (nSPS) is 24.2. The van der Waals surface area contributed by atoms with Crippen molar-refractivity contribution in [2.45, 2.75) is 43.9 Å². The summed E-state index contributed by atoms with van der Waals surface area (Å²) in [6, 6.07) is 14.7. The van der Waals surface area contributed by atoms with Gasteiger partial charge in [0, 0.05) is 31.8 Å². The molecule has 1 aromatic carbocycles. The molecule has 0 bridgehead atoms. The molecule has 1 N–H and O–H groups in total. The molecular formula is C25H29N3O3. The SMILES string of the molecule is COc1ccc2c(c1)NC1(COC3(CCN(Cc4ccc(C)o4)CC3)C1)c1cccn1-2. The highest BCUT2D eigenvalue weighted by molar-refractivity contribution is 5.69. The minimum Gasteiger partial charge on any atom is -0.497 e. The van der Waals surface area contributed by atoms with Crippen LogP contribution < -0.4 is 10.1 Å². The Bertz CT molecular complexity index is 1110. The van der Waals surface area contributed by atoms with Gasteiger partial charge in [0.1, 0.15) is 22.8 Å². The number of aromatic nitrogens is 1. The molecule has 0 aliphatic carbocycles. The largest absolute Gasteiger partial charge is 0.497 e. The van der Waals surface area contributed by atoms with Crippen molar-refractivity contribution in [3.63, 3.8) is 0 Å². The number of fused-ring (bicyclic) bond motifs is 4. The second-order valence-corrected chi connectivity index (χ2v) is 9.29. The smallest absolute Gasteiger partial charge is 0.121 e. The molecule has 31 heavy (non-hydrogen) atoms. The van der Waals surface area contributed by atoms with Crippen LogP contribution >= 0.6 is 0 Å².